The van der Waals surface area contributed by atoms with Gasteiger partial charge in [-0.1, -0.05) is 17.7 Å². The molecule has 0 aliphatic heterocycles. The summed E-state index contributed by atoms with van der Waals surface area (Å²) in [6.45, 7) is 2.09. The van der Waals surface area contributed by atoms with E-state index < -0.39 is 4.92 Å². The van der Waals surface area contributed by atoms with Gasteiger partial charge in [0.1, 0.15) is 5.15 Å². The standard InChI is InChI=1S/C13H11ClN6O2/c1-7-4-8(2-3-10(7)20(21)22)6-19-12-9(5-16-19)11(14)17-13(15)18-12/h2-5H,6H2,1H3,(H2,15,17,18). The van der Waals surface area contributed by atoms with Gasteiger partial charge in [0.15, 0.2) is 5.65 Å². The van der Waals surface area contributed by atoms with Gasteiger partial charge in [0, 0.05) is 11.6 Å². The molecule has 112 valence electrons. The van der Waals surface area contributed by atoms with Crippen LogP contribution in [0.15, 0.2) is 24.4 Å². The third kappa shape index (κ3) is 2.44. The molecule has 0 spiro atoms. The molecule has 0 saturated heterocycles. The fraction of sp³-hybridized carbons (Fsp3) is 0.154. The number of anilines is 1. The summed E-state index contributed by atoms with van der Waals surface area (Å²) in [7, 11) is 0. The van der Waals surface area contributed by atoms with Crippen LogP contribution in [0.4, 0.5) is 11.6 Å². The minimum Gasteiger partial charge on any atom is -0.368 e. The Hall–Kier alpha value is -2.74. The molecule has 0 radical (unpaired) electrons. The quantitative estimate of drug-likeness (QED) is 0.450. The Labute approximate surface area is 129 Å². The smallest absolute Gasteiger partial charge is 0.272 e. The van der Waals surface area contributed by atoms with Gasteiger partial charge in [0.2, 0.25) is 5.95 Å². The highest BCUT2D eigenvalue weighted by Gasteiger charge is 2.13. The largest absolute Gasteiger partial charge is 0.368 e. The minimum atomic E-state index is -0.407. The molecule has 0 aliphatic rings. The van der Waals surface area contributed by atoms with Gasteiger partial charge in [-0.15, -0.1) is 0 Å². The maximum atomic E-state index is 10.8. The van der Waals surface area contributed by atoms with Crippen LogP contribution in [0.3, 0.4) is 0 Å². The third-order valence-corrected chi connectivity index (χ3v) is 3.55. The molecule has 0 atom stereocenters. The van der Waals surface area contributed by atoms with Crippen molar-refractivity contribution in [1.82, 2.24) is 19.7 Å². The van der Waals surface area contributed by atoms with Crippen molar-refractivity contribution in [3.8, 4) is 0 Å². The lowest BCUT2D eigenvalue weighted by molar-refractivity contribution is -0.385. The molecule has 0 unspecified atom stereocenters. The van der Waals surface area contributed by atoms with E-state index in [4.69, 9.17) is 17.3 Å². The van der Waals surface area contributed by atoms with Gasteiger partial charge < -0.3 is 5.73 Å². The van der Waals surface area contributed by atoms with Crippen molar-refractivity contribution >= 4 is 34.3 Å². The number of aromatic nitrogens is 4. The fourth-order valence-electron chi connectivity index (χ4n) is 2.25. The average Bonchev–Trinajstić information content (AvgIpc) is 2.82. The molecule has 3 rings (SSSR count). The lowest BCUT2D eigenvalue weighted by Gasteiger charge is -2.05. The van der Waals surface area contributed by atoms with Crippen LogP contribution in [0.5, 0.6) is 0 Å². The summed E-state index contributed by atoms with van der Waals surface area (Å²) >= 11 is 6.00. The zero-order valence-electron chi connectivity index (χ0n) is 11.5. The molecule has 9 heteroatoms. The highest BCUT2D eigenvalue weighted by molar-refractivity contribution is 6.34. The summed E-state index contributed by atoms with van der Waals surface area (Å²) < 4.78 is 1.62. The molecule has 0 amide bonds. The van der Waals surface area contributed by atoms with E-state index in [9.17, 15) is 10.1 Å². The van der Waals surface area contributed by atoms with E-state index in [1.807, 2.05) is 0 Å². The van der Waals surface area contributed by atoms with Crippen LogP contribution in [0, 0.1) is 17.0 Å². The van der Waals surface area contributed by atoms with E-state index >= 15 is 0 Å². The Morgan fingerprint density at radius 3 is 2.86 bits per heavy atom. The fourth-order valence-corrected chi connectivity index (χ4v) is 2.47. The van der Waals surface area contributed by atoms with Gasteiger partial charge >= 0.3 is 0 Å². The second-order valence-corrected chi connectivity index (χ2v) is 5.15. The monoisotopic (exact) mass is 318 g/mol. The average molecular weight is 319 g/mol. The highest BCUT2D eigenvalue weighted by atomic mass is 35.5. The lowest BCUT2D eigenvalue weighted by atomic mass is 10.1. The summed E-state index contributed by atoms with van der Waals surface area (Å²) in [4.78, 5) is 18.4. The number of fused-ring (bicyclic) bond motifs is 1. The van der Waals surface area contributed by atoms with Crippen molar-refractivity contribution < 1.29 is 4.92 Å². The Morgan fingerprint density at radius 1 is 1.41 bits per heavy atom. The van der Waals surface area contributed by atoms with Crippen molar-refractivity contribution in [3.05, 3.63) is 50.8 Å². The Bertz CT molecular complexity index is 892. The molecule has 0 bridgehead atoms. The maximum absolute atomic E-state index is 10.8. The van der Waals surface area contributed by atoms with Crippen molar-refractivity contribution in [2.75, 3.05) is 5.73 Å². The van der Waals surface area contributed by atoms with Crippen molar-refractivity contribution in [2.24, 2.45) is 0 Å². The van der Waals surface area contributed by atoms with Gasteiger partial charge in [0.25, 0.3) is 5.69 Å². The molecule has 22 heavy (non-hydrogen) atoms. The minimum absolute atomic E-state index is 0.0686. The van der Waals surface area contributed by atoms with E-state index in [0.717, 1.165) is 5.56 Å². The summed E-state index contributed by atoms with van der Waals surface area (Å²) in [6, 6.07) is 4.91. The molecule has 0 saturated carbocycles. The van der Waals surface area contributed by atoms with Crippen molar-refractivity contribution in [2.45, 2.75) is 13.5 Å². The topological polar surface area (TPSA) is 113 Å². The van der Waals surface area contributed by atoms with Gasteiger partial charge in [-0.2, -0.15) is 10.1 Å². The maximum Gasteiger partial charge on any atom is 0.272 e. The van der Waals surface area contributed by atoms with Crippen LogP contribution in [0.1, 0.15) is 11.1 Å². The molecule has 0 aliphatic carbocycles. The molecule has 2 N–H and O–H groups in total. The van der Waals surface area contributed by atoms with Crippen LogP contribution in [0.25, 0.3) is 11.0 Å². The molecular weight excluding hydrogens is 308 g/mol. The number of hydrogen-bond donors (Lipinski definition) is 1. The molecule has 2 aromatic heterocycles. The van der Waals surface area contributed by atoms with Crippen LogP contribution in [-0.4, -0.2) is 24.7 Å². The molecule has 2 heterocycles. The summed E-state index contributed by atoms with van der Waals surface area (Å²) in [5, 5.41) is 15.9. The van der Waals surface area contributed by atoms with Crippen LogP contribution in [-0.2, 0) is 6.54 Å². The number of nitrogen functional groups attached to an aromatic ring is 1. The van der Waals surface area contributed by atoms with E-state index in [2.05, 4.69) is 15.1 Å². The molecular formula is C13H11ClN6O2. The van der Waals surface area contributed by atoms with Crippen LogP contribution in [0.2, 0.25) is 5.15 Å². The number of hydrogen-bond acceptors (Lipinski definition) is 6. The Morgan fingerprint density at radius 2 is 2.18 bits per heavy atom. The number of halogens is 1. The first kappa shape index (κ1) is 14.2. The van der Waals surface area contributed by atoms with Crippen molar-refractivity contribution in [3.63, 3.8) is 0 Å². The van der Waals surface area contributed by atoms with E-state index in [0.29, 0.717) is 23.1 Å². The summed E-state index contributed by atoms with van der Waals surface area (Å²) in [6.07, 6.45) is 1.56. The first-order valence-corrected chi connectivity index (χ1v) is 6.72. The van der Waals surface area contributed by atoms with Crippen LogP contribution >= 0.6 is 11.6 Å². The van der Waals surface area contributed by atoms with Gasteiger partial charge in [0.05, 0.1) is 23.1 Å². The molecule has 3 aromatic rings. The first-order chi connectivity index (χ1) is 10.5. The Kier molecular flexibility index (Phi) is 3.38. The van der Waals surface area contributed by atoms with E-state index in [1.54, 1.807) is 29.9 Å². The molecule has 0 fully saturated rings. The zero-order chi connectivity index (χ0) is 15.9. The number of nitro benzene ring substituents is 1. The van der Waals surface area contributed by atoms with Gasteiger partial charge in [-0.25, -0.2) is 9.67 Å². The highest BCUT2D eigenvalue weighted by Crippen LogP contribution is 2.23. The van der Waals surface area contributed by atoms with Gasteiger partial charge in [-0.05, 0) is 18.6 Å². The summed E-state index contributed by atoms with van der Waals surface area (Å²) in [5.41, 5.74) is 7.66. The number of rotatable bonds is 3. The SMILES string of the molecule is Cc1cc(Cn2ncc3c(Cl)nc(N)nc32)ccc1[N+](=O)[O-]. The molecule has 1 aromatic carbocycles. The predicted octanol–water partition coefficient (Wildman–Crippen LogP) is 2.33. The zero-order valence-corrected chi connectivity index (χ0v) is 12.3. The van der Waals surface area contributed by atoms with E-state index in [1.165, 1.54) is 6.07 Å². The number of nitrogens with zero attached hydrogens (tertiary/aromatic N) is 5. The third-order valence-electron chi connectivity index (χ3n) is 3.26. The second-order valence-electron chi connectivity index (χ2n) is 4.79. The number of nitrogens with two attached hydrogens (primary N) is 1. The van der Waals surface area contributed by atoms with Crippen LogP contribution < -0.4 is 5.73 Å². The molecule has 8 nitrogen and oxygen atoms in total. The first-order valence-electron chi connectivity index (χ1n) is 6.34. The van der Waals surface area contributed by atoms with Gasteiger partial charge in [-0.3, -0.25) is 10.1 Å². The number of aryl methyl sites for hydroxylation is 1. The normalized spacial score (nSPS) is 11.0. The number of nitro groups is 1. The predicted molar refractivity (Wildman–Crippen MR) is 81.7 cm³/mol. The van der Waals surface area contributed by atoms with E-state index in [-0.39, 0.29) is 16.8 Å². The number of benzene rings is 1. The summed E-state index contributed by atoms with van der Waals surface area (Å²) in [5.74, 6) is 0.0686. The lowest BCUT2D eigenvalue weighted by Crippen LogP contribution is -2.05. The van der Waals surface area contributed by atoms with Crippen molar-refractivity contribution in [1.29, 1.82) is 0 Å². The second kappa shape index (κ2) is 5.23. The Balaban J connectivity index is 2.00.